The molecule has 26 heavy (non-hydrogen) atoms. The van der Waals surface area contributed by atoms with Crippen LogP contribution in [0.15, 0.2) is 48.5 Å². The smallest absolute Gasteiger partial charge is 0.305 e. The van der Waals surface area contributed by atoms with Gasteiger partial charge >= 0.3 is 5.97 Å². The zero-order valence-corrected chi connectivity index (χ0v) is 15.3. The van der Waals surface area contributed by atoms with Crippen LogP contribution in [-0.4, -0.2) is 22.7 Å². The molecule has 0 saturated carbocycles. The third-order valence-corrected chi connectivity index (χ3v) is 4.87. The van der Waals surface area contributed by atoms with Crippen LogP contribution in [0.4, 0.5) is 0 Å². The highest BCUT2D eigenvalue weighted by atomic mass is 32.2. The van der Waals surface area contributed by atoms with Crippen LogP contribution in [0.3, 0.4) is 0 Å². The van der Waals surface area contributed by atoms with Crippen molar-refractivity contribution in [3.8, 4) is 6.07 Å². The number of amides is 1. The van der Waals surface area contributed by atoms with Gasteiger partial charge in [-0.3, -0.25) is 9.59 Å². The normalized spacial score (nSPS) is 11.4. The van der Waals surface area contributed by atoms with E-state index >= 15 is 0 Å². The Kier molecular flexibility index (Phi) is 7.24. The average Bonchev–Trinajstić information content (AvgIpc) is 2.62. The van der Waals surface area contributed by atoms with E-state index in [0.717, 1.165) is 16.7 Å². The first kappa shape index (κ1) is 19.5. The third kappa shape index (κ3) is 5.94. The molecule has 0 saturated heterocycles. The Bertz CT molecular complexity index is 813. The molecular weight excluding hydrogens is 348 g/mol. The summed E-state index contributed by atoms with van der Waals surface area (Å²) in [5.41, 5.74) is 3.40. The molecule has 0 aliphatic rings. The quantitative estimate of drug-likeness (QED) is 0.745. The molecule has 134 valence electrons. The largest absolute Gasteiger partial charge is 0.481 e. The van der Waals surface area contributed by atoms with Crippen molar-refractivity contribution in [2.45, 2.75) is 25.1 Å². The number of carbonyl (C=O) groups excluding carboxylic acids is 1. The number of carboxylic acid groups (broad SMARTS) is 1. The fourth-order valence-corrected chi connectivity index (χ4v) is 3.36. The number of nitrogens with one attached hydrogen (secondary N) is 1. The number of carboxylic acids is 1. The standard InChI is InChI=1S/C20H20N2O3S/c1-14-4-2-3-5-17(14)18(10-20(24)25)22-19(23)13-26-12-16-8-6-15(11-21)7-9-16/h2-9,18H,10,12-13H2,1H3,(H,22,23)(H,24,25). The predicted octanol–water partition coefficient (Wildman–Crippen LogP) is 3.43. The van der Waals surface area contributed by atoms with Crippen LogP contribution in [0.25, 0.3) is 0 Å². The molecule has 2 N–H and O–H groups in total. The summed E-state index contributed by atoms with van der Waals surface area (Å²) in [4.78, 5) is 23.4. The van der Waals surface area contributed by atoms with E-state index < -0.39 is 12.0 Å². The van der Waals surface area contributed by atoms with Crippen molar-refractivity contribution < 1.29 is 14.7 Å². The van der Waals surface area contributed by atoms with Gasteiger partial charge in [-0.05, 0) is 35.7 Å². The number of aryl methyl sites for hydroxylation is 1. The van der Waals surface area contributed by atoms with Gasteiger partial charge in [0, 0.05) is 5.75 Å². The second kappa shape index (κ2) is 9.64. The van der Waals surface area contributed by atoms with Gasteiger partial charge in [-0.2, -0.15) is 5.26 Å². The van der Waals surface area contributed by atoms with Gasteiger partial charge in [0.15, 0.2) is 0 Å². The highest BCUT2D eigenvalue weighted by Crippen LogP contribution is 2.21. The van der Waals surface area contributed by atoms with E-state index in [2.05, 4.69) is 11.4 Å². The molecule has 2 aromatic rings. The Hall–Kier alpha value is -2.78. The van der Waals surface area contributed by atoms with Crippen LogP contribution in [0.1, 0.15) is 34.7 Å². The Labute approximate surface area is 157 Å². The molecule has 6 heteroatoms. The lowest BCUT2D eigenvalue weighted by atomic mass is 9.99. The molecule has 0 spiro atoms. The van der Waals surface area contributed by atoms with Crippen molar-refractivity contribution in [1.82, 2.24) is 5.32 Å². The number of benzene rings is 2. The molecule has 0 aliphatic heterocycles. The molecule has 0 bridgehead atoms. The van der Waals surface area contributed by atoms with E-state index in [1.54, 1.807) is 12.1 Å². The number of nitriles is 1. The van der Waals surface area contributed by atoms with Crippen molar-refractivity contribution in [2.75, 3.05) is 5.75 Å². The van der Waals surface area contributed by atoms with Crippen molar-refractivity contribution in [2.24, 2.45) is 0 Å². The van der Waals surface area contributed by atoms with Gasteiger partial charge in [0.2, 0.25) is 5.91 Å². The second-order valence-electron chi connectivity index (χ2n) is 5.88. The summed E-state index contributed by atoms with van der Waals surface area (Å²) in [5.74, 6) is -0.267. The molecule has 0 heterocycles. The first-order valence-corrected chi connectivity index (χ1v) is 9.28. The van der Waals surface area contributed by atoms with Crippen LogP contribution in [0, 0.1) is 18.3 Å². The fourth-order valence-electron chi connectivity index (χ4n) is 2.56. The average molecular weight is 368 g/mol. The third-order valence-electron chi connectivity index (χ3n) is 3.86. The zero-order valence-electron chi connectivity index (χ0n) is 14.4. The Balaban J connectivity index is 1.91. The monoisotopic (exact) mass is 368 g/mol. The minimum atomic E-state index is -0.955. The minimum absolute atomic E-state index is 0.156. The number of thioether (sulfide) groups is 1. The lowest BCUT2D eigenvalue weighted by molar-refractivity contribution is -0.137. The minimum Gasteiger partial charge on any atom is -0.481 e. The summed E-state index contributed by atoms with van der Waals surface area (Å²) in [7, 11) is 0. The first-order chi connectivity index (χ1) is 12.5. The number of rotatable bonds is 8. The van der Waals surface area contributed by atoms with Gasteiger partial charge < -0.3 is 10.4 Å². The number of hydrogen-bond acceptors (Lipinski definition) is 4. The van der Waals surface area contributed by atoms with E-state index in [0.29, 0.717) is 11.3 Å². The molecule has 5 nitrogen and oxygen atoms in total. The SMILES string of the molecule is Cc1ccccc1C(CC(=O)O)NC(=O)CSCc1ccc(C#N)cc1. The first-order valence-electron chi connectivity index (χ1n) is 8.13. The van der Waals surface area contributed by atoms with Crippen molar-refractivity contribution >= 4 is 23.6 Å². The van der Waals surface area contributed by atoms with Crippen molar-refractivity contribution in [3.05, 3.63) is 70.8 Å². The predicted molar refractivity (Wildman–Crippen MR) is 102 cm³/mol. The number of aliphatic carboxylic acids is 1. The van der Waals surface area contributed by atoms with Gasteiger partial charge in [-0.15, -0.1) is 11.8 Å². The van der Waals surface area contributed by atoms with Crippen LogP contribution in [0.5, 0.6) is 0 Å². The number of carbonyl (C=O) groups is 2. The summed E-state index contributed by atoms with van der Waals surface area (Å²) in [5, 5.41) is 20.8. The molecular formula is C20H20N2O3S. The van der Waals surface area contributed by atoms with Crippen molar-refractivity contribution in [3.63, 3.8) is 0 Å². The summed E-state index contributed by atoms with van der Waals surface area (Å²) in [6.45, 7) is 1.90. The van der Waals surface area contributed by atoms with Crippen LogP contribution >= 0.6 is 11.8 Å². The maximum absolute atomic E-state index is 12.2. The van der Waals surface area contributed by atoms with E-state index in [1.807, 2.05) is 43.3 Å². The Morgan fingerprint density at radius 1 is 1.19 bits per heavy atom. The van der Waals surface area contributed by atoms with E-state index in [9.17, 15) is 9.59 Å². The highest BCUT2D eigenvalue weighted by Gasteiger charge is 2.19. The molecule has 1 unspecified atom stereocenters. The molecule has 0 fully saturated rings. The maximum atomic E-state index is 12.2. The Morgan fingerprint density at radius 3 is 2.50 bits per heavy atom. The molecule has 2 rings (SSSR count). The van der Waals surface area contributed by atoms with E-state index in [-0.39, 0.29) is 18.1 Å². The summed E-state index contributed by atoms with van der Waals surface area (Å²) in [6.07, 6.45) is -0.156. The van der Waals surface area contributed by atoms with Crippen LogP contribution in [0.2, 0.25) is 0 Å². The van der Waals surface area contributed by atoms with E-state index in [4.69, 9.17) is 10.4 Å². The Morgan fingerprint density at radius 2 is 1.88 bits per heavy atom. The molecule has 0 aromatic heterocycles. The summed E-state index contributed by atoms with van der Waals surface area (Å²) in [6, 6.07) is 16.2. The van der Waals surface area contributed by atoms with Gasteiger partial charge in [0.25, 0.3) is 0 Å². The van der Waals surface area contributed by atoms with Gasteiger partial charge in [0.05, 0.1) is 29.8 Å². The van der Waals surface area contributed by atoms with Crippen molar-refractivity contribution in [1.29, 1.82) is 5.26 Å². The molecule has 0 aliphatic carbocycles. The van der Waals surface area contributed by atoms with Gasteiger partial charge in [0.1, 0.15) is 0 Å². The summed E-state index contributed by atoms with van der Waals surface area (Å²) < 4.78 is 0. The number of hydrogen-bond donors (Lipinski definition) is 2. The zero-order chi connectivity index (χ0) is 18.9. The molecule has 1 amide bonds. The lowest BCUT2D eigenvalue weighted by Gasteiger charge is -2.19. The van der Waals surface area contributed by atoms with Crippen LogP contribution < -0.4 is 5.32 Å². The second-order valence-corrected chi connectivity index (χ2v) is 6.86. The lowest BCUT2D eigenvalue weighted by Crippen LogP contribution is -2.32. The molecule has 1 atom stereocenters. The van der Waals surface area contributed by atoms with Crippen LogP contribution in [-0.2, 0) is 15.3 Å². The topological polar surface area (TPSA) is 90.2 Å². The summed E-state index contributed by atoms with van der Waals surface area (Å²) >= 11 is 1.45. The van der Waals surface area contributed by atoms with E-state index in [1.165, 1.54) is 11.8 Å². The van der Waals surface area contributed by atoms with Gasteiger partial charge in [-0.25, -0.2) is 0 Å². The maximum Gasteiger partial charge on any atom is 0.305 e. The highest BCUT2D eigenvalue weighted by molar-refractivity contribution is 7.99. The number of nitrogens with zero attached hydrogens (tertiary/aromatic N) is 1. The van der Waals surface area contributed by atoms with Gasteiger partial charge in [-0.1, -0.05) is 36.4 Å². The molecule has 0 radical (unpaired) electrons. The fraction of sp³-hybridized carbons (Fsp3) is 0.250. The molecule has 2 aromatic carbocycles.